The van der Waals surface area contributed by atoms with E-state index >= 15 is 0 Å². The highest BCUT2D eigenvalue weighted by Gasteiger charge is 2.23. The van der Waals surface area contributed by atoms with Crippen LogP contribution in [-0.4, -0.2) is 25.8 Å². The predicted molar refractivity (Wildman–Crippen MR) is 146 cm³/mol. The summed E-state index contributed by atoms with van der Waals surface area (Å²) in [6.07, 6.45) is 0. The molecule has 3 aromatic rings. The van der Waals surface area contributed by atoms with Crippen molar-refractivity contribution in [1.29, 1.82) is 0 Å². The van der Waals surface area contributed by atoms with Crippen LogP contribution in [0.4, 0.5) is 0 Å². The molecule has 3 rings (SSSR count). The molecular formula is C29H31IO6. The van der Waals surface area contributed by atoms with Gasteiger partial charge in [-0.25, -0.2) is 9.59 Å². The third-order valence-corrected chi connectivity index (χ3v) is 7.48. The summed E-state index contributed by atoms with van der Waals surface area (Å²) in [6, 6.07) is 13.8. The van der Waals surface area contributed by atoms with Crippen LogP contribution >= 0.6 is 22.6 Å². The van der Waals surface area contributed by atoms with Crippen molar-refractivity contribution in [1.82, 2.24) is 0 Å². The zero-order valence-corrected chi connectivity index (χ0v) is 23.6. The summed E-state index contributed by atoms with van der Waals surface area (Å²) in [5.41, 5.74) is 6.74. The zero-order chi connectivity index (χ0) is 26.4. The lowest BCUT2D eigenvalue weighted by molar-refractivity contribution is -0.0129. The highest BCUT2D eigenvalue weighted by Crippen LogP contribution is 2.32. The van der Waals surface area contributed by atoms with Gasteiger partial charge in [0.05, 0.1) is 14.7 Å². The Morgan fingerprint density at radius 3 is 2.11 bits per heavy atom. The van der Waals surface area contributed by atoms with Crippen LogP contribution in [0.15, 0.2) is 42.5 Å². The maximum absolute atomic E-state index is 13.2. The summed E-state index contributed by atoms with van der Waals surface area (Å²) >= 11 is 2.20. The normalized spacial score (nSPS) is 10.8. The number of halogens is 1. The molecule has 0 bridgehead atoms. The fourth-order valence-corrected chi connectivity index (χ4v) is 4.66. The van der Waals surface area contributed by atoms with Gasteiger partial charge in [-0.2, -0.15) is 0 Å². The number of esters is 2. The molecule has 0 spiro atoms. The van der Waals surface area contributed by atoms with E-state index in [4.69, 9.17) is 18.9 Å². The van der Waals surface area contributed by atoms with Crippen molar-refractivity contribution < 1.29 is 28.5 Å². The van der Waals surface area contributed by atoms with Gasteiger partial charge in [-0.3, -0.25) is 0 Å². The molecule has 0 saturated carbocycles. The molecule has 190 valence electrons. The minimum atomic E-state index is -0.506. The van der Waals surface area contributed by atoms with E-state index in [1.807, 2.05) is 77.1 Å². The molecule has 7 heteroatoms. The molecule has 0 aliphatic carbocycles. The van der Waals surface area contributed by atoms with E-state index in [-0.39, 0.29) is 13.4 Å². The first-order valence-corrected chi connectivity index (χ1v) is 12.6. The van der Waals surface area contributed by atoms with Crippen molar-refractivity contribution in [2.45, 2.75) is 47.8 Å². The minimum Gasteiger partial charge on any atom is -0.488 e. The Kier molecular flexibility index (Phi) is 9.50. The average Bonchev–Trinajstić information content (AvgIpc) is 2.85. The smallest absolute Gasteiger partial charge is 0.340 e. The van der Waals surface area contributed by atoms with Crippen LogP contribution in [0.25, 0.3) is 0 Å². The van der Waals surface area contributed by atoms with Crippen LogP contribution < -0.4 is 4.74 Å². The van der Waals surface area contributed by atoms with Crippen molar-refractivity contribution in [3.63, 3.8) is 0 Å². The summed E-state index contributed by atoms with van der Waals surface area (Å²) < 4.78 is 22.7. The molecular weight excluding hydrogens is 571 g/mol. The number of rotatable bonds is 9. The molecule has 0 aromatic heterocycles. The van der Waals surface area contributed by atoms with Gasteiger partial charge in [0.2, 0.25) is 0 Å². The molecule has 0 radical (unpaired) electrons. The number of carbonyl (C=O) groups is 2. The van der Waals surface area contributed by atoms with E-state index < -0.39 is 11.9 Å². The number of ether oxygens (including phenoxy) is 4. The molecule has 0 aliphatic rings. The fraction of sp³-hybridized carbons (Fsp3) is 0.310. The summed E-state index contributed by atoms with van der Waals surface area (Å²) in [6.45, 7) is 9.66. The highest BCUT2D eigenvalue weighted by molar-refractivity contribution is 14.1. The van der Waals surface area contributed by atoms with Crippen molar-refractivity contribution in [3.05, 3.63) is 96.1 Å². The van der Waals surface area contributed by atoms with E-state index in [1.165, 1.54) is 7.11 Å². The molecule has 36 heavy (non-hydrogen) atoms. The highest BCUT2D eigenvalue weighted by atomic mass is 127. The van der Waals surface area contributed by atoms with Crippen LogP contribution in [0.5, 0.6) is 5.75 Å². The fourth-order valence-electron chi connectivity index (χ4n) is 4.07. The van der Waals surface area contributed by atoms with Gasteiger partial charge < -0.3 is 18.9 Å². The van der Waals surface area contributed by atoms with E-state index in [0.717, 1.165) is 42.7 Å². The number of aryl methyl sites for hydroxylation is 3. The third kappa shape index (κ3) is 6.25. The van der Waals surface area contributed by atoms with Gasteiger partial charge >= 0.3 is 11.9 Å². The van der Waals surface area contributed by atoms with Crippen LogP contribution in [0.3, 0.4) is 0 Å². The Balaban J connectivity index is 1.83. The summed E-state index contributed by atoms with van der Waals surface area (Å²) in [7, 11) is 1.45. The maximum Gasteiger partial charge on any atom is 0.340 e. The Morgan fingerprint density at radius 2 is 1.44 bits per heavy atom. The molecule has 0 unspecified atom stereocenters. The molecule has 6 nitrogen and oxygen atoms in total. The first-order chi connectivity index (χ1) is 17.1. The van der Waals surface area contributed by atoms with Crippen LogP contribution in [0.2, 0.25) is 0 Å². The van der Waals surface area contributed by atoms with Gasteiger partial charge in [0.25, 0.3) is 0 Å². The average molecular weight is 602 g/mol. The van der Waals surface area contributed by atoms with E-state index in [1.54, 1.807) is 0 Å². The zero-order valence-electron chi connectivity index (χ0n) is 21.5. The number of benzene rings is 3. The van der Waals surface area contributed by atoms with Crippen LogP contribution in [0.1, 0.15) is 59.7 Å². The predicted octanol–water partition coefficient (Wildman–Crippen LogP) is 6.53. The van der Waals surface area contributed by atoms with Gasteiger partial charge in [0.15, 0.2) is 6.79 Å². The quantitative estimate of drug-likeness (QED) is 0.158. The third-order valence-electron chi connectivity index (χ3n) is 6.14. The van der Waals surface area contributed by atoms with Crippen LogP contribution in [0, 0.1) is 38.2 Å². The number of methoxy groups -OCH3 is 1. The van der Waals surface area contributed by atoms with Gasteiger partial charge in [0, 0.05) is 12.7 Å². The second kappa shape index (κ2) is 12.4. The van der Waals surface area contributed by atoms with Crippen molar-refractivity contribution >= 4 is 34.5 Å². The van der Waals surface area contributed by atoms with Gasteiger partial charge in [0.1, 0.15) is 19.0 Å². The molecule has 0 fully saturated rings. The lowest BCUT2D eigenvalue weighted by Crippen LogP contribution is -2.17. The molecule has 0 N–H and O–H groups in total. The second-order valence-electron chi connectivity index (χ2n) is 8.68. The van der Waals surface area contributed by atoms with E-state index in [0.29, 0.717) is 23.3 Å². The SMILES string of the molecule is COCOC(=O)c1c(C)c(C)cc(C)c1COC(=O)c1c(C)cc(OCc2ccccc2)c(I)c1C. The largest absolute Gasteiger partial charge is 0.488 e. The Bertz CT molecular complexity index is 1270. The first-order valence-electron chi connectivity index (χ1n) is 11.5. The molecule has 0 saturated heterocycles. The maximum atomic E-state index is 13.2. The summed E-state index contributed by atoms with van der Waals surface area (Å²) in [5, 5.41) is 0. The Labute approximate surface area is 226 Å². The standard InChI is InChI=1S/C29H31IO6/c1-17-12-18(2)23(26(20(17)4)29(32)36-16-33-6)15-35-28(31)25-19(3)13-24(27(30)21(25)5)34-14-22-10-8-7-9-11-22/h7-13H,14-16H2,1-6H3. The topological polar surface area (TPSA) is 71.1 Å². The van der Waals surface area contributed by atoms with Gasteiger partial charge in [-0.1, -0.05) is 36.4 Å². The lowest BCUT2D eigenvalue weighted by Gasteiger charge is -2.19. The molecule has 0 amide bonds. The van der Waals surface area contributed by atoms with Crippen molar-refractivity contribution in [3.8, 4) is 5.75 Å². The first kappa shape index (κ1) is 27.7. The summed E-state index contributed by atoms with van der Waals surface area (Å²) in [5.74, 6) is -0.237. The summed E-state index contributed by atoms with van der Waals surface area (Å²) in [4.78, 5) is 26.0. The molecule has 0 atom stereocenters. The second-order valence-corrected chi connectivity index (χ2v) is 9.76. The number of hydrogen-bond donors (Lipinski definition) is 0. The number of hydrogen-bond acceptors (Lipinski definition) is 6. The molecule has 3 aromatic carbocycles. The van der Waals surface area contributed by atoms with E-state index in [9.17, 15) is 9.59 Å². The number of carbonyl (C=O) groups excluding carboxylic acids is 2. The van der Waals surface area contributed by atoms with Crippen molar-refractivity contribution in [2.75, 3.05) is 13.9 Å². The Morgan fingerprint density at radius 1 is 0.778 bits per heavy atom. The molecule has 0 heterocycles. The minimum absolute atomic E-state index is 0.0507. The Hall–Kier alpha value is -2.91. The van der Waals surface area contributed by atoms with Gasteiger partial charge in [-0.05, 0) is 96.7 Å². The monoisotopic (exact) mass is 602 g/mol. The van der Waals surface area contributed by atoms with Gasteiger partial charge in [-0.15, -0.1) is 0 Å². The van der Waals surface area contributed by atoms with Crippen molar-refractivity contribution in [2.24, 2.45) is 0 Å². The van der Waals surface area contributed by atoms with Crippen LogP contribution in [-0.2, 0) is 27.4 Å². The lowest BCUT2D eigenvalue weighted by atomic mass is 9.93. The molecule has 0 aliphatic heterocycles. The van der Waals surface area contributed by atoms with E-state index in [2.05, 4.69) is 22.6 Å².